The number of benzene rings is 4. The molecule has 0 saturated heterocycles. The molecule has 0 fully saturated rings. The Morgan fingerprint density at radius 3 is 1.97 bits per heavy atom. The lowest BCUT2D eigenvalue weighted by Gasteiger charge is -2.14. The molecule has 6 heteroatoms. The summed E-state index contributed by atoms with van der Waals surface area (Å²) in [6, 6.07) is 27.6. The highest BCUT2D eigenvalue weighted by atomic mass is 16.5. The highest BCUT2D eigenvalue weighted by molar-refractivity contribution is 6.17. The molecule has 0 spiro atoms. The second-order valence-corrected chi connectivity index (χ2v) is 7.93. The van der Waals surface area contributed by atoms with Crippen molar-refractivity contribution in [1.82, 2.24) is 0 Å². The zero-order valence-electron chi connectivity index (χ0n) is 19.4. The Labute approximate surface area is 203 Å². The van der Waals surface area contributed by atoms with Crippen molar-refractivity contribution in [2.75, 3.05) is 17.7 Å². The van der Waals surface area contributed by atoms with Crippen molar-refractivity contribution >= 4 is 29.0 Å². The highest BCUT2D eigenvalue weighted by Crippen LogP contribution is 2.24. The van der Waals surface area contributed by atoms with E-state index in [9.17, 15) is 14.4 Å². The van der Waals surface area contributed by atoms with Gasteiger partial charge in [0.25, 0.3) is 11.8 Å². The van der Waals surface area contributed by atoms with Crippen LogP contribution in [0.1, 0.15) is 42.2 Å². The summed E-state index contributed by atoms with van der Waals surface area (Å²) in [4.78, 5) is 39.1. The number of methoxy groups -OCH3 is 1. The molecule has 0 bridgehead atoms. The number of anilines is 2. The van der Waals surface area contributed by atoms with Gasteiger partial charge in [-0.25, -0.2) is 0 Å². The quantitative estimate of drug-likeness (QED) is 0.342. The van der Waals surface area contributed by atoms with Gasteiger partial charge < -0.3 is 15.4 Å². The first-order valence-corrected chi connectivity index (χ1v) is 11.0. The third kappa shape index (κ3) is 5.45. The molecular weight excluding hydrogens is 440 g/mol. The summed E-state index contributed by atoms with van der Waals surface area (Å²) in [6.45, 7) is 1.89. The van der Waals surface area contributed by atoms with Crippen LogP contribution in [0.5, 0.6) is 5.75 Å². The van der Waals surface area contributed by atoms with Gasteiger partial charge in [0.05, 0.1) is 24.0 Å². The summed E-state index contributed by atoms with van der Waals surface area (Å²) < 4.78 is 5.13. The van der Waals surface area contributed by atoms with E-state index in [1.807, 2.05) is 19.1 Å². The molecule has 0 aliphatic heterocycles. The second-order valence-electron chi connectivity index (χ2n) is 7.93. The highest BCUT2D eigenvalue weighted by Gasteiger charge is 2.19. The van der Waals surface area contributed by atoms with Crippen LogP contribution in [0.25, 0.3) is 0 Å². The fourth-order valence-corrected chi connectivity index (χ4v) is 3.62. The Morgan fingerprint density at radius 2 is 1.26 bits per heavy atom. The van der Waals surface area contributed by atoms with Gasteiger partial charge in [-0.1, -0.05) is 54.1 Å². The van der Waals surface area contributed by atoms with Crippen molar-refractivity contribution in [1.29, 1.82) is 0 Å². The first-order valence-electron chi connectivity index (χ1n) is 11.0. The van der Waals surface area contributed by atoms with Crippen molar-refractivity contribution in [3.8, 4) is 5.75 Å². The average molecular weight is 465 g/mol. The summed E-state index contributed by atoms with van der Waals surface area (Å²) in [5.41, 5.74) is 3.27. The van der Waals surface area contributed by atoms with Gasteiger partial charge in [0.15, 0.2) is 5.78 Å². The number of carbonyl (C=O) groups excluding carboxylic acids is 3. The molecule has 0 unspecified atom stereocenters. The number of ketones is 1. The lowest BCUT2D eigenvalue weighted by Crippen LogP contribution is -2.19. The Kier molecular flexibility index (Phi) is 7.02. The van der Waals surface area contributed by atoms with E-state index >= 15 is 0 Å². The van der Waals surface area contributed by atoms with E-state index in [1.165, 1.54) is 0 Å². The maximum absolute atomic E-state index is 13.2. The fraction of sp³-hybridized carbons (Fsp3) is 0.0690. The van der Waals surface area contributed by atoms with Crippen molar-refractivity contribution < 1.29 is 19.1 Å². The molecule has 2 N–H and O–H groups in total. The van der Waals surface area contributed by atoms with Crippen LogP contribution in [0.2, 0.25) is 0 Å². The number of para-hydroxylation sites is 1. The van der Waals surface area contributed by atoms with E-state index in [4.69, 9.17) is 4.74 Å². The number of hydrogen-bond acceptors (Lipinski definition) is 4. The SMILES string of the molecule is COc1ccc(C(=O)Nc2ccccc2C(=O)Nc2ccc(C)cc2C(=O)c2ccccc2)cc1. The molecule has 35 heavy (non-hydrogen) atoms. The molecule has 174 valence electrons. The first-order chi connectivity index (χ1) is 17.0. The van der Waals surface area contributed by atoms with E-state index in [2.05, 4.69) is 10.6 Å². The van der Waals surface area contributed by atoms with Crippen LogP contribution in [0.4, 0.5) is 11.4 Å². The molecule has 6 nitrogen and oxygen atoms in total. The van der Waals surface area contributed by atoms with Gasteiger partial charge in [0.2, 0.25) is 0 Å². The van der Waals surface area contributed by atoms with Crippen molar-refractivity contribution in [3.05, 3.63) is 125 Å². The second kappa shape index (κ2) is 10.5. The number of aryl methyl sites for hydroxylation is 1. The van der Waals surface area contributed by atoms with Crippen LogP contribution in [-0.4, -0.2) is 24.7 Å². The monoisotopic (exact) mass is 464 g/mol. The molecule has 0 saturated carbocycles. The molecule has 0 heterocycles. The molecule has 0 aliphatic rings. The van der Waals surface area contributed by atoms with Crippen LogP contribution in [-0.2, 0) is 0 Å². The minimum Gasteiger partial charge on any atom is -0.497 e. The molecule has 2 amide bonds. The van der Waals surface area contributed by atoms with Crippen molar-refractivity contribution in [2.45, 2.75) is 6.92 Å². The smallest absolute Gasteiger partial charge is 0.257 e. The molecule has 4 aromatic rings. The predicted molar refractivity (Wildman–Crippen MR) is 136 cm³/mol. The van der Waals surface area contributed by atoms with Crippen LogP contribution >= 0.6 is 0 Å². The summed E-state index contributed by atoms with van der Waals surface area (Å²) in [5, 5.41) is 5.64. The number of amides is 2. The van der Waals surface area contributed by atoms with Gasteiger partial charge in [0, 0.05) is 16.7 Å². The minimum absolute atomic E-state index is 0.189. The Hall–Kier alpha value is -4.71. The Bertz CT molecular complexity index is 1380. The van der Waals surface area contributed by atoms with E-state index < -0.39 is 5.91 Å². The maximum atomic E-state index is 13.2. The van der Waals surface area contributed by atoms with E-state index in [-0.39, 0.29) is 17.3 Å². The molecular formula is C29H24N2O4. The Balaban J connectivity index is 1.59. The van der Waals surface area contributed by atoms with E-state index in [0.717, 1.165) is 5.56 Å². The standard InChI is InChI=1S/C29H24N2O4/c1-19-12-17-26(24(18-19)27(32)20-8-4-3-5-9-20)31-29(34)23-10-6-7-11-25(23)30-28(33)21-13-15-22(35-2)16-14-21/h3-18H,1-2H3,(H,30,33)(H,31,34). The predicted octanol–water partition coefficient (Wildman–Crippen LogP) is 5.74. The molecule has 0 radical (unpaired) electrons. The first kappa shape index (κ1) is 23.4. The third-order valence-electron chi connectivity index (χ3n) is 5.48. The normalized spacial score (nSPS) is 10.3. The minimum atomic E-state index is -0.443. The number of nitrogens with one attached hydrogen (secondary N) is 2. The van der Waals surface area contributed by atoms with E-state index in [1.54, 1.807) is 92.0 Å². The van der Waals surface area contributed by atoms with Crippen LogP contribution in [0.15, 0.2) is 97.1 Å². The average Bonchev–Trinajstić information content (AvgIpc) is 2.90. The van der Waals surface area contributed by atoms with E-state index in [0.29, 0.717) is 33.8 Å². The summed E-state index contributed by atoms with van der Waals surface area (Å²) in [6.07, 6.45) is 0. The van der Waals surface area contributed by atoms with Crippen LogP contribution in [0.3, 0.4) is 0 Å². The zero-order chi connectivity index (χ0) is 24.8. The third-order valence-corrected chi connectivity index (χ3v) is 5.48. The lowest BCUT2D eigenvalue weighted by molar-refractivity contribution is 0.102. The lowest BCUT2D eigenvalue weighted by atomic mass is 9.99. The summed E-state index contributed by atoms with van der Waals surface area (Å²) in [7, 11) is 1.55. The molecule has 0 aromatic heterocycles. The number of hydrogen-bond donors (Lipinski definition) is 2. The zero-order valence-corrected chi connectivity index (χ0v) is 19.4. The largest absolute Gasteiger partial charge is 0.497 e. The summed E-state index contributed by atoms with van der Waals surface area (Å²) >= 11 is 0. The van der Waals surface area contributed by atoms with Gasteiger partial charge in [-0.2, -0.15) is 0 Å². The number of ether oxygens (including phenoxy) is 1. The topological polar surface area (TPSA) is 84.5 Å². The number of rotatable bonds is 7. The van der Waals surface area contributed by atoms with Gasteiger partial charge >= 0.3 is 0 Å². The van der Waals surface area contributed by atoms with Crippen molar-refractivity contribution in [2.24, 2.45) is 0 Å². The van der Waals surface area contributed by atoms with Gasteiger partial charge in [0.1, 0.15) is 5.75 Å². The van der Waals surface area contributed by atoms with Gasteiger partial charge in [-0.15, -0.1) is 0 Å². The molecule has 4 rings (SSSR count). The van der Waals surface area contributed by atoms with Crippen molar-refractivity contribution in [3.63, 3.8) is 0 Å². The van der Waals surface area contributed by atoms with Crippen LogP contribution < -0.4 is 15.4 Å². The molecule has 0 atom stereocenters. The van der Waals surface area contributed by atoms with Gasteiger partial charge in [-0.05, 0) is 55.5 Å². The van der Waals surface area contributed by atoms with Gasteiger partial charge in [-0.3, -0.25) is 14.4 Å². The number of carbonyl (C=O) groups is 3. The fourth-order valence-electron chi connectivity index (χ4n) is 3.62. The summed E-state index contributed by atoms with van der Waals surface area (Å²) in [5.74, 6) is -0.351. The molecule has 4 aromatic carbocycles. The Morgan fingerprint density at radius 1 is 0.629 bits per heavy atom. The maximum Gasteiger partial charge on any atom is 0.257 e. The molecule has 0 aliphatic carbocycles. The van der Waals surface area contributed by atoms with Crippen LogP contribution in [0, 0.1) is 6.92 Å².